The zero-order valence-corrected chi connectivity index (χ0v) is 14.9. The summed E-state index contributed by atoms with van der Waals surface area (Å²) in [5, 5.41) is 3.72. The molecule has 23 heavy (non-hydrogen) atoms. The topological polar surface area (TPSA) is 68.3 Å². The van der Waals surface area contributed by atoms with E-state index in [1.54, 1.807) is 19.1 Å². The molecule has 0 aliphatic heterocycles. The minimum atomic E-state index is -0.334. The van der Waals surface area contributed by atoms with Crippen LogP contribution in [-0.4, -0.2) is 23.3 Å². The molecule has 0 fully saturated rings. The Bertz CT molecular complexity index is 748. The fraction of sp³-hybridized carbons (Fsp3) is 0.312. The maximum atomic E-state index is 11.9. The zero-order valence-electron chi connectivity index (χ0n) is 13.3. The highest BCUT2D eigenvalue weighted by molar-refractivity contribution is 7.17. The highest BCUT2D eigenvalue weighted by atomic mass is 35.5. The summed E-state index contributed by atoms with van der Waals surface area (Å²) in [6.45, 7) is 6.82. The van der Waals surface area contributed by atoms with Crippen molar-refractivity contribution in [3.8, 4) is 5.75 Å². The van der Waals surface area contributed by atoms with E-state index in [0.29, 0.717) is 26.5 Å². The number of halogens is 1. The highest BCUT2D eigenvalue weighted by Gasteiger charge is 2.14. The standard InChI is InChI=1S/C16H17ClN2O3S/c1-8-5-12(6-9(2)14(8)17)22-7-13(21)19-16-18-10(3)15(23-16)11(4)20/h5-6H,7H2,1-4H3,(H,18,19,21). The Hall–Kier alpha value is -1.92. The number of nitrogens with one attached hydrogen (secondary N) is 1. The van der Waals surface area contributed by atoms with E-state index in [2.05, 4.69) is 10.3 Å². The lowest BCUT2D eigenvalue weighted by molar-refractivity contribution is -0.118. The van der Waals surface area contributed by atoms with Crippen LogP contribution in [0.25, 0.3) is 0 Å². The second kappa shape index (κ2) is 7.10. The van der Waals surface area contributed by atoms with E-state index < -0.39 is 0 Å². The van der Waals surface area contributed by atoms with Gasteiger partial charge < -0.3 is 4.74 Å². The Kier molecular flexibility index (Phi) is 5.38. The lowest BCUT2D eigenvalue weighted by Crippen LogP contribution is -2.20. The number of amides is 1. The van der Waals surface area contributed by atoms with Gasteiger partial charge in [-0.1, -0.05) is 22.9 Å². The maximum absolute atomic E-state index is 11.9. The van der Waals surface area contributed by atoms with Gasteiger partial charge in [0, 0.05) is 11.9 Å². The summed E-state index contributed by atoms with van der Waals surface area (Å²) in [6, 6.07) is 3.56. The van der Waals surface area contributed by atoms with Crippen LogP contribution in [0.2, 0.25) is 5.02 Å². The fourth-order valence-corrected chi connectivity index (χ4v) is 3.06. The number of aromatic nitrogens is 1. The van der Waals surface area contributed by atoms with E-state index in [0.717, 1.165) is 22.5 Å². The van der Waals surface area contributed by atoms with Crippen molar-refractivity contribution >= 4 is 39.8 Å². The monoisotopic (exact) mass is 352 g/mol. The predicted molar refractivity (Wildman–Crippen MR) is 91.9 cm³/mol. The molecule has 0 saturated heterocycles. The van der Waals surface area contributed by atoms with Gasteiger partial charge >= 0.3 is 0 Å². The molecule has 0 spiro atoms. The molecule has 1 aromatic carbocycles. The number of benzene rings is 1. The second-order valence-corrected chi connectivity index (χ2v) is 6.57. The number of ketones is 1. The summed E-state index contributed by atoms with van der Waals surface area (Å²) in [4.78, 5) is 28.0. The number of anilines is 1. The van der Waals surface area contributed by atoms with Crippen LogP contribution in [-0.2, 0) is 4.79 Å². The van der Waals surface area contributed by atoms with Crippen molar-refractivity contribution in [2.24, 2.45) is 0 Å². The normalized spacial score (nSPS) is 10.5. The molecule has 0 bridgehead atoms. The van der Waals surface area contributed by atoms with Gasteiger partial charge in [0.25, 0.3) is 5.91 Å². The van der Waals surface area contributed by atoms with Crippen molar-refractivity contribution in [2.45, 2.75) is 27.7 Å². The number of Topliss-reactive ketones (excluding diaryl/α,β-unsaturated/α-hetero) is 1. The smallest absolute Gasteiger partial charge is 0.264 e. The predicted octanol–water partition coefficient (Wildman–Crippen LogP) is 3.94. The van der Waals surface area contributed by atoms with Crippen molar-refractivity contribution in [1.29, 1.82) is 0 Å². The van der Waals surface area contributed by atoms with E-state index >= 15 is 0 Å². The third-order valence-corrected chi connectivity index (χ3v) is 4.91. The van der Waals surface area contributed by atoms with Crippen molar-refractivity contribution < 1.29 is 14.3 Å². The number of carbonyl (C=O) groups excluding carboxylic acids is 2. The zero-order chi connectivity index (χ0) is 17.1. The summed E-state index contributed by atoms with van der Waals surface area (Å²) in [5.74, 6) is 0.183. The average Bonchev–Trinajstić information content (AvgIpc) is 2.83. The lowest BCUT2D eigenvalue weighted by atomic mass is 10.1. The Morgan fingerprint density at radius 1 is 1.26 bits per heavy atom. The van der Waals surface area contributed by atoms with Crippen molar-refractivity contribution in [3.63, 3.8) is 0 Å². The summed E-state index contributed by atoms with van der Waals surface area (Å²) in [5.41, 5.74) is 2.40. The molecule has 0 aliphatic carbocycles. The molecular formula is C16H17ClN2O3S. The number of nitrogens with zero attached hydrogens (tertiary/aromatic N) is 1. The van der Waals surface area contributed by atoms with Crippen LogP contribution in [0.15, 0.2) is 12.1 Å². The number of hydrogen-bond acceptors (Lipinski definition) is 5. The van der Waals surface area contributed by atoms with E-state index in [4.69, 9.17) is 16.3 Å². The summed E-state index contributed by atoms with van der Waals surface area (Å²) in [7, 11) is 0. The molecule has 122 valence electrons. The molecule has 0 aliphatic rings. The first-order valence-electron chi connectivity index (χ1n) is 6.95. The first kappa shape index (κ1) is 17.4. The van der Waals surface area contributed by atoms with Crippen LogP contribution in [0.1, 0.15) is 33.4 Å². The van der Waals surface area contributed by atoms with Crippen molar-refractivity contribution in [2.75, 3.05) is 11.9 Å². The number of aryl methyl sites for hydroxylation is 3. The van der Waals surface area contributed by atoms with Crippen molar-refractivity contribution in [1.82, 2.24) is 4.98 Å². The number of carbonyl (C=O) groups is 2. The molecule has 2 aromatic rings. The second-order valence-electron chi connectivity index (χ2n) is 5.20. The quantitative estimate of drug-likeness (QED) is 0.827. The SMILES string of the molecule is CC(=O)c1sc(NC(=O)COc2cc(C)c(Cl)c(C)c2)nc1C. The van der Waals surface area contributed by atoms with Gasteiger partial charge in [0.05, 0.1) is 10.6 Å². The van der Waals surface area contributed by atoms with Crippen LogP contribution in [0, 0.1) is 20.8 Å². The molecule has 2 rings (SSSR count). The first-order valence-corrected chi connectivity index (χ1v) is 8.15. The lowest BCUT2D eigenvalue weighted by Gasteiger charge is -2.09. The van der Waals surface area contributed by atoms with Crippen LogP contribution < -0.4 is 10.1 Å². The van der Waals surface area contributed by atoms with Gasteiger partial charge in [-0.3, -0.25) is 14.9 Å². The van der Waals surface area contributed by atoms with Gasteiger partial charge in [0.1, 0.15) is 5.75 Å². The van der Waals surface area contributed by atoms with Crippen LogP contribution in [0.3, 0.4) is 0 Å². The van der Waals surface area contributed by atoms with Crippen LogP contribution >= 0.6 is 22.9 Å². The van der Waals surface area contributed by atoms with E-state index in [9.17, 15) is 9.59 Å². The van der Waals surface area contributed by atoms with Gasteiger partial charge in [-0.2, -0.15) is 0 Å². The molecule has 0 saturated carbocycles. The van der Waals surface area contributed by atoms with Crippen LogP contribution in [0.5, 0.6) is 5.75 Å². The Morgan fingerprint density at radius 2 is 1.87 bits per heavy atom. The fourth-order valence-electron chi connectivity index (χ4n) is 2.07. The van der Waals surface area contributed by atoms with Gasteiger partial charge in [-0.25, -0.2) is 4.98 Å². The molecule has 1 N–H and O–H groups in total. The minimum absolute atomic E-state index is 0.0659. The summed E-state index contributed by atoms with van der Waals surface area (Å²) in [6.07, 6.45) is 0. The molecule has 5 nitrogen and oxygen atoms in total. The number of hydrogen-bond donors (Lipinski definition) is 1. The first-order chi connectivity index (χ1) is 10.8. The molecule has 1 heterocycles. The molecular weight excluding hydrogens is 336 g/mol. The highest BCUT2D eigenvalue weighted by Crippen LogP contribution is 2.26. The Labute approximate surface area is 143 Å². The van der Waals surface area contributed by atoms with E-state index in [-0.39, 0.29) is 18.3 Å². The van der Waals surface area contributed by atoms with Crippen LogP contribution in [0.4, 0.5) is 5.13 Å². The maximum Gasteiger partial charge on any atom is 0.264 e. The molecule has 1 amide bonds. The third kappa shape index (κ3) is 4.30. The Morgan fingerprint density at radius 3 is 2.39 bits per heavy atom. The average molecular weight is 353 g/mol. The Balaban J connectivity index is 1.98. The van der Waals surface area contributed by atoms with Gasteiger partial charge in [0.15, 0.2) is 17.5 Å². The molecule has 0 atom stereocenters. The summed E-state index contributed by atoms with van der Waals surface area (Å²) >= 11 is 7.25. The van der Waals surface area contributed by atoms with Gasteiger partial charge in [-0.05, 0) is 44.0 Å². The van der Waals surface area contributed by atoms with E-state index in [1.807, 2.05) is 13.8 Å². The number of thiazole rings is 1. The third-order valence-electron chi connectivity index (χ3n) is 3.14. The number of rotatable bonds is 5. The largest absolute Gasteiger partial charge is 0.484 e. The van der Waals surface area contributed by atoms with Gasteiger partial charge in [0.2, 0.25) is 0 Å². The molecule has 0 radical (unpaired) electrons. The van der Waals surface area contributed by atoms with Gasteiger partial charge in [-0.15, -0.1) is 0 Å². The minimum Gasteiger partial charge on any atom is -0.484 e. The summed E-state index contributed by atoms with van der Waals surface area (Å²) < 4.78 is 5.48. The number of ether oxygens (including phenoxy) is 1. The van der Waals surface area contributed by atoms with E-state index in [1.165, 1.54) is 6.92 Å². The molecule has 7 heteroatoms. The molecule has 0 unspecified atom stereocenters. The van der Waals surface area contributed by atoms with Crippen molar-refractivity contribution in [3.05, 3.63) is 38.9 Å². The molecule has 1 aromatic heterocycles.